The Labute approximate surface area is 168 Å². The molecule has 3 rings (SSSR count). The Balaban J connectivity index is 1.89. The van der Waals surface area contributed by atoms with Gasteiger partial charge in [-0.05, 0) is 42.8 Å². The van der Waals surface area contributed by atoms with Crippen LogP contribution in [0.25, 0.3) is 5.69 Å². The van der Waals surface area contributed by atoms with Gasteiger partial charge in [-0.25, -0.2) is 9.37 Å². The number of methoxy groups -OCH3 is 3. The summed E-state index contributed by atoms with van der Waals surface area (Å²) in [6.07, 6.45) is 3.45. The van der Waals surface area contributed by atoms with Crippen LogP contribution in [0.3, 0.4) is 0 Å². The molecule has 1 amide bonds. The Morgan fingerprint density at radius 1 is 1.10 bits per heavy atom. The van der Waals surface area contributed by atoms with Crippen LogP contribution in [0.15, 0.2) is 42.7 Å². The molecule has 7 nitrogen and oxygen atoms in total. The van der Waals surface area contributed by atoms with Gasteiger partial charge < -0.3 is 24.1 Å². The fraction of sp³-hybridized carbons (Fsp3) is 0.238. The van der Waals surface area contributed by atoms with Crippen LogP contribution in [0.4, 0.5) is 4.39 Å². The average Bonchev–Trinajstić information content (AvgIpc) is 3.16. The van der Waals surface area contributed by atoms with Gasteiger partial charge >= 0.3 is 0 Å². The SMILES string of the molecule is COc1ccc(C(=O)NCc2cc(F)ccc2-n2ccnc2C)c(OC)c1OC. The number of imidazole rings is 1. The number of carbonyl (C=O) groups excluding carboxylic acids is 1. The number of carbonyl (C=O) groups is 1. The summed E-state index contributed by atoms with van der Waals surface area (Å²) in [6.45, 7) is 1.96. The van der Waals surface area contributed by atoms with Crippen molar-refractivity contribution in [2.24, 2.45) is 0 Å². The number of aromatic nitrogens is 2. The summed E-state index contributed by atoms with van der Waals surface area (Å²) < 4.78 is 31.6. The standard InChI is InChI=1S/C21H22FN3O4/c1-13-23-9-10-25(13)17-7-5-15(22)11-14(17)12-24-21(26)16-6-8-18(27-2)20(29-4)19(16)28-3/h5-11H,12H2,1-4H3,(H,24,26). The van der Waals surface area contributed by atoms with E-state index in [-0.39, 0.29) is 29.6 Å². The predicted octanol–water partition coefficient (Wildman–Crippen LogP) is 3.28. The lowest BCUT2D eigenvalue weighted by Crippen LogP contribution is -2.24. The summed E-state index contributed by atoms with van der Waals surface area (Å²) in [5.74, 6) is 1.01. The molecular weight excluding hydrogens is 377 g/mol. The fourth-order valence-electron chi connectivity index (χ4n) is 3.11. The highest BCUT2D eigenvalue weighted by Crippen LogP contribution is 2.39. The van der Waals surface area contributed by atoms with Gasteiger partial charge in [0, 0.05) is 18.9 Å². The number of ether oxygens (including phenoxy) is 3. The molecule has 0 aliphatic rings. The van der Waals surface area contributed by atoms with Gasteiger partial charge in [-0.1, -0.05) is 0 Å². The predicted molar refractivity (Wildman–Crippen MR) is 106 cm³/mol. The molecule has 29 heavy (non-hydrogen) atoms. The number of rotatable bonds is 7. The molecule has 1 heterocycles. The zero-order valence-electron chi connectivity index (χ0n) is 16.7. The summed E-state index contributed by atoms with van der Waals surface area (Å²) in [4.78, 5) is 17.0. The van der Waals surface area contributed by atoms with Gasteiger partial charge in [-0.15, -0.1) is 0 Å². The third-order valence-corrected chi connectivity index (χ3v) is 4.52. The van der Waals surface area contributed by atoms with E-state index < -0.39 is 0 Å². The Hall–Kier alpha value is -3.55. The first-order chi connectivity index (χ1) is 14.0. The van der Waals surface area contributed by atoms with Gasteiger partial charge in [0.15, 0.2) is 11.5 Å². The molecule has 2 aromatic carbocycles. The molecular formula is C21H22FN3O4. The molecule has 0 aliphatic carbocycles. The van der Waals surface area contributed by atoms with E-state index in [4.69, 9.17) is 14.2 Å². The fourth-order valence-corrected chi connectivity index (χ4v) is 3.11. The molecule has 0 radical (unpaired) electrons. The van der Waals surface area contributed by atoms with Crippen LogP contribution in [0.5, 0.6) is 17.2 Å². The molecule has 0 saturated carbocycles. The van der Waals surface area contributed by atoms with Crippen molar-refractivity contribution in [3.8, 4) is 22.9 Å². The number of benzene rings is 2. The van der Waals surface area contributed by atoms with Gasteiger partial charge in [0.1, 0.15) is 11.6 Å². The highest BCUT2D eigenvalue weighted by molar-refractivity contribution is 5.98. The number of hydrogen-bond acceptors (Lipinski definition) is 5. The highest BCUT2D eigenvalue weighted by atomic mass is 19.1. The molecule has 0 aliphatic heterocycles. The average molecular weight is 399 g/mol. The van der Waals surface area contributed by atoms with E-state index >= 15 is 0 Å². The molecule has 8 heteroatoms. The van der Waals surface area contributed by atoms with Crippen LogP contribution >= 0.6 is 0 Å². The summed E-state index contributed by atoms with van der Waals surface area (Å²) in [7, 11) is 4.41. The molecule has 0 bridgehead atoms. The van der Waals surface area contributed by atoms with Crippen molar-refractivity contribution in [1.29, 1.82) is 0 Å². The van der Waals surface area contributed by atoms with Gasteiger partial charge in [0.05, 0.1) is 32.6 Å². The second kappa shape index (κ2) is 8.64. The van der Waals surface area contributed by atoms with Gasteiger partial charge in [-0.2, -0.15) is 0 Å². The summed E-state index contributed by atoms with van der Waals surface area (Å²) in [5.41, 5.74) is 1.63. The maximum Gasteiger partial charge on any atom is 0.255 e. The van der Waals surface area contributed by atoms with Crippen molar-refractivity contribution in [3.05, 3.63) is 65.5 Å². The lowest BCUT2D eigenvalue weighted by atomic mass is 10.1. The maximum atomic E-state index is 13.8. The molecule has 1 N–H and O–H groups in total. The molecule has 152 valence electrons. The molecule has 0 fully saturated rings. The van der Waals surface area contributed by atoms with Crippen LogP contribution in [0.2, 0.25) is 0 Å². The van der Waals surface area contributed by atoms with Crippen molar-refractivity contribution >= 4 is 5.91 Å². The van der Waals surface area contributed by atoms with Gasteiger partial charge in [0.25, 0.3) is 5.91 Å². The number of halogens is 1. The van der Waals surface area contributed by atoms with E-state index in [1.807, 2.05) is 11.5 Å². The van der Waals surface area contributed by atoms with Crippen LogP contribution in [0.1, 0.15) is 21.7 Å². The molecule has 3 aromatic rings. The third-order valence-electron chi connectivity index (χ3n) is 4.52. The van der Waals surface area contributed by atoms with E-state index in [0.29, 0.717) is 17.1 Å². The first-order valence-electron chi connectivity index (χ1n) is 8.86. The topological polar surface area (TPSA) is 74.6 Å². The van der Waals surface area contributed by atoms with Crippen molar-refractivity contribution in [2.45, 2.75) is 13.5 Å². The second-order valence-corrected chi connectivity index (χ2v) is 6.18. The van der Waals surface area contributed by atoms with Gasteiger partial charge in [0.2, 0.25) is 5.75 Å². The highest BCUT2D eigenvalue weighted by Gasteiger charge is 2.21. The zero-order valence-corrected chi connectivity index (χ0v) is 16.7. The van der Waals surface area contributed by atoms with Crippen LogP contribution < -0.4 is 19.5 Å². The van der Waals surface area contributed by atoms with Gasteiger partial charge in [-0.3, -0.25) is 4.79 Å². The van der Waals surface area contributed by atoms with Crippen molar-refractivity contribution < 1.29 is 23.4 Å². The van der Waals surface area contributed by atoms with Crippen LogP contribution in [0, 0.1) is 12.7 Å². The Morgan fingerprint density at radius 3 is 2.48 bits per heavy atom. The molecule has 1 aromatic heterocycles. The third kappa shape index (κ3) is 4.01. The van der Waals surface area contributed by atoms with Crippen molar-refractivity contribution in [3.63, 3.8) is 0 Å². The Morgan fingerprint density at radius 2 is 1.86 bits per heavy atom. The number of nitrogens with zero attached hydrogens (tertiary/aromatic N) is 2. The summed E-state index contributed by atoms with van der Waals surface area (Å²) in [6, 6.07) is 7.63. The lowest BCUT2D eigenvalue weighted by molar-refractivity contribution is 0.0947. The van der Waals surface area contributed by atoms with E-state index in [1.54, 1.807) is 30.6 Å². The maximum absolute atomic E-state index is 13.8. The normalized spacial score (nSPS) is 10.5. The number of amides is 1. The number of hydrogen-bond donors (Lipinski definition) is 1. The Bertz CT molecular complexity index is 1030. The smallest absolute Gasteiger partial charge is 0.255 e. The quantitative estimate of drug-likeness (QED) is 0.660. The minimum atomic E-state index is -0.389. The van der Waals surface area contributed by atoms with Crippen LogP contribution in [-0.2, 0) is 6.54 Å². The van der Waals surface area contributed by atoms with E-state index in [9.17, 15) is 9.18 Å². The molecule has 0 spiro atoms. The van der Waals surface area contributed by atoms with Crippen molar-refractivity contribution in [1.82, 2.24) is 14.9 Å². The second-order valence-electron chi connectivity index (χ2n) is 6.18. The minimum Gasteiger partial charge on any atom is -0.493 e. The number of aryl methyl sites for hydroxylation is 1. The summed E-state index contributed by atoms with van der Waals surface area (Å²) >= 11 is 0. The Kier molecular flexibility index (Phi) is 6.01. The largest absolute Gasteiger partial charge is 0.493 e. The zero-order chi connectivity index (χ0) is 21.0. The first-order valence-corrected chi connectivity index (χ1v) is 8.86. The first kappa shape index (κ1) is 20.2. The monoisotopic (exact) mass is 399 g/mol. The van der Waals surface area contributed by atoms with Crippen LogP contribution in [-0.4, -0.2) is 36.8 Å². The molecule has 0 atom stereocenters. The van der Waals surface area contributed by atoms with E-state index in [0.717, 1.165) is 11.5 Å². The van der Waals surface area contributed by atoms with Crippen molar-refractivity contribution in [2.75, 3.05) is 21.3 Å². The molecule has 0 saturated heterocycles. The lowest BCUT2D eigenvalue weighted by Gasteiger charge is -2.16. The number of nitrogens with one attached hydrogen (secondary N) is 1. The molecule has 0 unspecified atom stereocenters. The van der Waals surface area contributed by atoms with E-state index in [2.05, 4.69) is 10.3 Å². The summed E-state index contributed by atoms with van der Waals surface area (Å²) in [5, 5.41) is 2.81. The van der Waals surface area contributed by atoms with E-state index in [1.165, 1.54) is 33.5 Å². The minimum absolute atomic E-state index is 0.112.